The predicted octanol–water partition coefficient (Wildman–Crippen LogP) is 4.83. The number of benzene rings is 2. The fourth-order valence-electron chi connectivity index (χ4n) is 4.52. The first-order chi connectivity index (χ1) is 18.5. The zero-order chi connectivity index (χ0) is 28.3. The molecule has 0 saturated heterocycles. The number of halogens is 3. The second-order valence-corrected chi connectivity index (χ2v) is 9.35. The third-order valence-corrected chi connectivity index (χ3v) is 6.69. The Kier molecular flexibility index (Phi) is 8.08. The standard InChI is InChI=1S/C28H29F3N4O4/c1-4-14-35-25(37)22-16-34(24(36)19-5-7-20(8-6-19)26(38)39-3)15-13-23(22)33-27(35)32-17(2)18-9-11-21(12-10-18)28(29,30)31/h5-12,17H,4,13-16H2,1-3H3,(H,32,33)/t17-/m0/s1. The molecule has 1 amide bonds. The number of alkyl halides is 3. The Labute approximate surface area is 223 Å². The second-order valence-electron chi connectivity index (χ2n) is 9.35. The normalized spacial score (nSPS) is 13.9. The van der Waals surface area contributed by atoms with E-state index in [0.29, 0.717) is 59.8 Å². The molecule has 11 heteroatoms. The van der Waals surface area contributed by atoms with Crippen molar-refractivity contribution in [1.29, 1.82) is 0 Å². The van der Waals surface area contributed by atoms with E-state index in [2.05, 4.69) is 10.1 Å². The molecule has 1 atom stereocenters. The Balaban J connectivity index is 1.56. The van der Waals surface area contributed by atoms with Crippen LogP contribution in [0.3, 0.4) is 0 Å². The Morgan fingerprint density at radius 3 is 2.31 bits per heavy atom. The fourth-order valence-corrected chi connectivity index (χ4v) is 4.52. The number of carbonyl (C=O) groups excluding carboxylic acids is 2. The third-order valence-electron chi connectivity index (χ3n) is 6.69. The third kappa shape index (κ3) is 5.97. The number of nitrogens with one attached hydrogen (secondary N) is 1. The molecule has 4 rings (SSSR count). The number of amides is 1. The fraction of sp³-hybridized carbons (Fsp3) is 0.357. The quantitative estimate of drug-likeness (QED) is 0.430. The largest absolute Gasteiger partial charge is 0.465 e. The molecule has 1 aliphatic heterocycles. The van der Waals surface area contributed by atoms with Gasteiger partial charge in [-0.05, 0) is 55.3 Å². The highest BCUT2D eigenvalue weighted by atomic mass is 19.4. The summed E-state index contributed by atoms with van der Waals surface area (Å²) in [6.45, 7) is 4.53. The van der Waals surface area contributed by atoms with E-state index in [1.54, 1.807) is 24.0 Å². The maximum Gasteiger partial charge on any atom is 0.416 e. The van der Waals surface area contributed by atoms with Crippen molar-refractivity contribution in [1.82, 2.24) is 14.5 Å². The van der Waals surface area contributed by atoms with E-state index in [4.69, 9.17) is 4.98 Å². The van der Waals surface area contributed by atoms with Crippen LogP contribution in [0.4, 0.5) is 19.1 Å². The average Bonchev–Trinajstić information content (AvgIpc) is 2.93. The van der Waals surface area contributed by atoms with Crippen LogP contribution >= 0.6 is 0 Å². The number of rotatable bonds is 7. The van der Waals surface area contributed by atoms with Crippen LogP contribution in [-0.2, 0) is 30.4 Å². The van der Waals surface area contributed by atoms with Gasteiger partial charge in [-0.15, -0.1) is 0 Å². The second kappa shape index (κ2) is 11.3. The number of carbonyl (C=O) groups is 2. The molecule has 0 spiro atoms. The molecule has 0 radical (unpaired) electrons. The van der Waals surface area contributed by atoms with Crippen molar-refractivity contribution in [3.63, 3.8) is 0 Å². The van der Waals surface area contributed by atoms with Crippen LogP contribution in [0, 0.1) is 0 Å². The van der Waals surface area contributed by atoms with Crippen LogP contribution in [0.1, 0.15) is 69.4 Å². The maximum absolute atomic E-state index is 13.5. The van der Waals surface area contributed by atoms with Crippen molar-refractivity contribution in [2.45, 2.75) is 52.0 Å². The summed E-state index contributed by atoms with van der Waals surface area (Å²) in [4.78, 5) is 44.6. The van der Waals surface area contributed by atoms with E-state index < -0.39 is 23.8 Å². The molecule has 206 valence electrons. The molecule has 0 bridgehead atoms. The summed E-state index contributed by atoms with van der Waals surface area (Å²) in [5.74, 6) is -0.427. The minimum absolute atomic E-state index is 0.0944. The van der Waals surface area contributed by atoms with Gasteiger partial charge < -0.3 is 15.0 Å². The summed E-state index contributed by atoms with van der Waals surface area (Å²) in [6, 6.07) is 10.6. The SMILES string of the molecule is CCCn1c(N[C@@H](C)c2ccc(C(F)(F)F)cc2)nc2c(c1=O)CN(C(=O)c1ccc(C(=O)OC)cc1)CC2. The molecule has 0 unspecified atom stereocenters. The molecule has 3 aromatic rings. The highest BCUT2D eigenvalue weighted by Crippen LogP contribution is 2.30. The van der Waals surface area contributed by atoms with Crippen LogP contribution in [0.5, 0.6) is 0 Å². The molecular formula is C28H29F3N4O4. The lowest BCUT2D eigenvalue weighted by atomic mass is 10.0. The summed E-state index contributed by atoms with van der Waals surface area (Å²) in [5.41, 5.74) is 1.36. The molecule has 1 aromatic heterocycles. The van der Waals surface area contributed by atoms with Crippen LogP contribution < -0.4 is 10.9 Å². The molecule has 0 aliphatic carbocycles. The van der Waals surface area contributed by atoms with Crippen molar-refractivity contribution in [2.24, 2.45) is 0 Å². The topological polar surface area (TPSA) is 93.5 Å². The summed E-state index contributed by atoms with van der Waals surface area (Å²) >= 11 is 0. The van der Waals surface area contributed by atoms with E-state index in [9.17, 15) is 27.6 Å². The van der Waals surface area contributed by atoms with E-state index >= 15 is 0 Å². The van der Waals surface area contributed by atoms with Crippen LogP contribution in [-0.4, -0.2) is 40.0 Å². The van der Waals surface area contributed by atoms with Crippen LogP contribution in [0.25, 0.3) is 0 Å². The van der Waals surface area contributed by atoms with Gasteiger partial charge in [0.1, 0.15) is 0 Å². The highest BCUT2D eigenvalue weighted by molar-refractivity contribution is 5.96. The molecule has 1 N–H and O–H groups in total. The van der Waals surface area contributed by atoms with E-state index in [1.165, 1.54) is 35.9 Å². The first-order valence-electron chi connectivity index (χ1n) is 12.6. The molecule has 39 heavy (non-hydrogen) atoms. The van der Waals surface area contributed by atoms with Gasteiger partial charge >= 0.3 is 12.1 Å². The summed E-state index contributed by atoms with van der Waals surface area (Å²) in [6.07, 6.45) is -3.40. The van der Waals surface area contributed by atoms with Crippen molar-refractivity contribution in [3.05, 3.63) is 92.4 Å². The van der Waals surface area contributed by atoms with E-state index in [0.717, 1.165) is 12.1 Å². The zero-order valence-electron chi connectivity index (χ0n) is 21.8. The molecule has 2 heterocycles. The van der Waals surface area contributed by atoms with Crippen molar-refractivity contribution < 1.29 is 27.5 Å². The van der Waals surface area contributed by atoms with Gasteiger partial charge in [0.2, 0.25) is 5.95 Å². The molecule has 0 saturated carbocycles. The number of hydrogen-bond donors (Lipinski definition) is 1. The first kappa shape index (κ1) is 27.9. The van der Waals surface area contributed by atoms with Crippen molar-refractivity contribution in [3.8, 4) is 0 Å². The Morgan fingerprint density at radius 2 is 1.72 bits per heavy atom. The van der Waals surface area contributed by atoms with Gasteiger partial charge in [0.15, 0.2) is 0 Å². The Bertz CT molecular complexity index is 1420. The first-order valence-corrected chi connectivity index (χ1v) is 12.6. The lowest BCUT2D eigenvalue weighted by Gasteiger charge is -2.29. The minimum Gasteiger partial charge on any atom is -0.465 e. The molecule has 2 aromatic carbocycles. The summed E-state index contributed by atoms with van der Waals surface area (Å²) in [7, 11) is 1.28. The Hall–Kier alpha value is -4.15. The zero-order valence-corrected chi connectivity index (χ0v) is 21.8. The number of aromatic nitrogens is 2. The van der Waals surface area contributed by atoms with Gasteiger partial charge in [0.05, 0.1) is 42.1 Å². The number of esters is 1. The predicted molar refractivity (Wildman–Crippen MR) is 138 cm³/mol. The van der Waals surface area contributed by atoms with Crippen molar-refractivity contribution in [2.75, 3.05) is 19.0 Å². The number of nitrogens with zero attached hydrogens (tertiary/aromatic N) is 3. The Morgan fingerprint density at radius 1 is 1.08 bits per heavy atom. The van der Waals surface area contributed by atoms with Crippen LogP contribution in [0.2, 0.25) is 0 Å². The van der Waals surface area contributed by atoms with Gasteiger partial charge in [-0.3, -0.25) is 14.2 Å². The van der Waals surface area contributed by atoms with E-state index in [-0.39, 0.29) is 18.0 Å². The smallest absolute Gasteiger partial charge is 0.416 e. The number of methoxy groups -OCH3 is 1. The summed E-state index contributed by atoms with van der Waals surface area (Å²) in [5, 5.41) is 3.19. The molecule has 0 fully saturated rings. The highest BCUT2D eigenvalue weighted by Gasteiger charge is 2.30. The number of anilines is 1. The lowest BCUT2D eigenvalue weighted by molar-refractivity contribution is -0.137. The lowest BCUT2D eigenvalue weighted by Crippen LogP contribution is -2.41. The monoisotopic (exact) mass is 542 g/mol. The summed E-state index contributed by atoms with van der Waals surface area (Å²) < 4.78 is 45.0. The van der Waals surface area contributed by atoms with Crippen LogP contribution in [0.15, 0.2) is 53.3 Å². The minimum atomic E-state index is -4.42. The number of fused-ring (bicyclic) bond motifs is 1. The van der Waals surface area contributed by atoms with Crippen molar-refractivity contribution >= 4 is 17.8 Å². The molecule has 1 aliphatic rings. The maximum atomic E-state index is 13.5. The van der Waals surface area contributed by atoms with E-state index in [1.807, 2.05) is 6.92 Å². The van der Waals surface area contributed by atoms with Gasteiger partial charge in [0, 0.05) is 25.1 Å². The van der Waals surface area contributed by atoms with Gasteiger partial charge in [-0.1, -0.05) is 19.1 Å². The van der Waals surface area contributed by atoms with Gasteiger partial charge in [-0.2, -0.15) is 13.2 Å². The van der Waals surface area contributed by atoms with Gasteiger partial charge in [0.25, 0.3) is 11.5 Å². The molecular weight excluding hydrogens is 513 g/mol. The van der Waals surface area contributed by atoms with Gasteiger partial charge in [-0.25, -0.2) is 9.78 Å². The number of hydrogen-bond acceptors (Lipinski definition) is 6. The molecule has 8 nitrogen and oxygen atoms in total. The number of ether oxygens (including phenoxy) is 1. The average molecular weight is 543 g/mol.